The molecule has 0 atom stereocenters. The van der Waals surface area contributed by atoms with Gasteiger partial charge >= 0.3 is 0 Å². The summed E-state index contributed by atoms with van der Waals surface area (Å²) in [4.78, 5) is 17.3. The molecule has 31 heavy (non-hydrogen) atoms. The second-order valence-corrected chi connectivity index (χ2v) is 7.83. The number of aryl methyl sites for hydroxylation is 3. The van der Waals surface area contributed by atoms with Crippen LogP contribution in [-0.4, -0.2) is 22.1 Å². The van der Waals surface area contributed by atoms with Gasteiger partial charge in [-0.1, -0.05) is 47.5 Å². The first-order chi connectivity index (χ1) is 15.0. The Morgan fingerprint density at radius 2 is 1.71 bits per heavy atom. The molecule has 0 bridgehead atoms. The fraction of sp³-hybridized carbons (Fsp3) is 0.231. The van der Waals surface area contributed by atoms with Crippen LogP contribution in [-0.2, 0) is 13.1 Å². The van der Waals surface area contributed by atoms with E-state index in [0.29, 0.717) is 25.3 Å². The monoisotopic (exact) mass is 413 g/mol. The summed E-state index contributed by atoms with van der Waals surface area (Å²) < 4.78 is 8.16. The lowest BCUT2D eigenvalue weighted by atomic mass is 10.1. The van der Waals surface area contributed by atoms with E-state index in [1.165, 1.54) is 5.56 Å². The molecule has 5 nitrogen and oxygen atoms in total. The Bertz CT molecular complexity index is 1210. The Labute approximate surface area is 182 Å². The van der Waals surface area contributed by atoms with Gasteiger partial charge in [0, 0.05) is 5.56 Å². The molecule has 0 aliphatic rings. The molecular weight excluding hydrogens is 386 g/mol. The van der Waals surface area contributed by atoms with Gasteiger partial charge in [-0.05, 0) is 56.7 Å². The molecular formula is C26H27N3O2. The van der Waals surface area contributed by atoms with Gasteiger partial charge in [0.05, 0.1) is 24.1 Å². The van der Waals surface area contributed by atoms with E-state index >= 15 is 0 Å². The molecule has 0 aliphatic heterocycles. The van der Waals surface area contributed by atoms with Crippen LogP contribution in [0.15, 0.2) is 66.7 Å². The zero-order valence-corrected chi connectivity index (χ0v) is 18.2. The van der Waals surface area contributed by atoms with Crippen LogP contribution in [0, 0.1) is 20.8 Å². The van der Waals surface area contributed by atoms with Crippen molar-refractivity contribution in [3.63, 3.8) is 0 Å². The number of aromatic nitrogens is 2. The maximum Gasteiger partial charge on any atom is 0.251 e. The number of nitrogens with zero attached hydrogens (tertiary/aromatic N) is 2. The highest BCUT2D eigenvalue weighted by molar-refractivity contribution is 5.94. The lowest BCUT2D eigenvalue weighted by molar-refractivity contribution is 0.0949. The van der Waals surface area contributed by atoms with Gasteiger partial charge in [-0.3, -0.25) is 4.79 Å². The summed E-state index contributed by atoms with van der Waals surface area (Å²) in [5.74, 6) is 1.60. The van der Waals surface area contributed by atoms with Gasteiger partial charge < -0.3 is 14.6 Å². The third kappa shape index (κ3) is 4.77. The summed E-state index contributed by atoms with van der Waals surface area (Å²) in [6, 6.07) is 21.8. The van der Waals surface area contributed by atoms with Crippen molar-refractivity contribution < 1.29 is 9.53 Å². The molecule has 5 heteroatoms. The quantitative estimate of drug-likeness (QED) is 0.465. The van der Waals surface area contributed by atoms with E-state index in [1.807, 2.05) is 61.5 Å². The van der Waals surface area contributed by atoms with Crippen LogP contribution in [0.25, 0.3) is 11.0 Å². The molecule has 1 heterocycles. The third-order valence-electron chi connectivity index (χ3n) is 5.36. The average Bonchev–Trinajstić information content (AvgIpc) is 3.11. The molecule has 0 spiro atoms. The van der Waals surface area contributed by atoms with Gasteiger partial charge in [0.15, 0.2) is 0 Å². The number of hydrogen-bond donors (Lipinski definition) is 1. The number of ether oxygens (including phenoxy) is 1. The van der Waals surface area contributed by atoms with Crippen molar-refractivity contribution in [1.29, 1.82) is 0 Å². The molecule has 4 aromatic rings. The van der Waals surface area contributed by atoms with Gasteiger partial charge in [0.1, 0.15) is 18.2 Å². The Balaban J connectivity index is 1.48. The standard InChI is InChI=1S/C26H27N3O2/c1-18-8-11-21(12-9-18)26(30)27-17-25-28-22-6-4-5-7-23(22)29(25)14-15-31-24-13-10-19(2)16-20(24)3/h4-13,16H,14-15,17H2,1-3H3,(H,27,30). The molecule has 0 aliphatic carbocycles. The molecule has 1 N–H and O–H groups in total. The smallest absolute Gasteiger partial charge is 0.251 e. The van der Waals surface area contributed by atoms with Gasteiger partial charge in [-0.15, -0.1) is 0 Å². The number of fused-ring (bicyclic) bond motifs is 1. The summed E-state index contributed by atoms with van der Waals surface area (Å²) in [5, 5.41) is 3.00. The first-order valence-corrected chi connectivity index (χ1v) is 10.5. The Morgan fingerprint density at radius 3 is 2.48 bits per heavy atom. The van der Waals surface area contributed by atoms with E-state index in [9.17, 15) is 4.79 Å². The SMILES string of the molecule is Cc1ccc(C(=O)NCc2nc3ccccc3n2CCOc2ccc(C)cc2C)cc1. The summed E-state index contributed by atoms with van der Waals surface area (Å²) in [7, 11) is 0. The second kappa shape index (κ2) is 9.04. The fourth-order valence-electron chi connectivity index (χ4n) is 3.68. The van der Waals surface area contributed by atoms with E-state index in [4.69, 9.17) is 9.72 Å². The van der Waals surface area contributed by atoms with Crippen LogP contribution in [0.3, 0.4) is 0 Å². The molecule has 0 saturated heterocycles. The third-order valence-corrected chi connectivity index (χ3v) is 5.36. The molecule has 1 amide bonds. The molecule has 3 aromatic carbocycles. The molecule has 0 fully saturated rings. The maximum absolute atomic E-state index is 12.5. The van der Waals surface area contributed by atoms with Crippen LogP contribution < -0.4 is 10.1 Å². The normalized spacial score (nSPS) is 10.9. The largest absolute Gasteiger partial charge is 0.491 e. The lowest BCUT2D eigenvalue weighted by Gasteiger charge is -2.13. The summed E-state index contributed by atoms with van der Waals surface area (Å²) in [6.45, 7) is 7.65. The van der Waals surface area contributed by atoms with Crippen LogP contribution in [0.1, 0.15) is 32.9 Å². The highest BCUT2D eigenvalue weighted by Crippen LogP contribution is 2.20. The van der Waals surface area contributed by atoms with Crippen molar-refractivity contribution in [2.24, 2.45) is 0 Å². The van der Waals surface area contributed by atoms with Crippen molar-refractivity contribution in [2.45, 2.75) is 33.9 Å². The Hall–Kier alpha value is -3.60. The number of hydrogen-bond acceptors (Lipinski definition) is 3. The first-order valence-electron chi connectivity index (χ1n) is 10.5. The molecule has 1 aromatic heterocycles. The number of nitrogens with one attached hydrogen (secondary N) is 1. The zero-order chi connectivity index (χ0) is 21.8. The predicted octanol–water partition coefficient (Wildman–Crippen LogP) is 4.97. The average molecular weight is 414 g/mol. The minimum Gasteiger partial charge on any atom is -0.491 e. The van der Waals surface area contributed by atoms with Gasteiger partial charge in [-0.2, -0.15) is 0 Å². The zero-order valence-electron chi connectivity index (χ0n) is 18.2. The minimum absolute atomic E-state index is 0.106. The molecule has 0 radical (unpaired) electrons. The van der Waals surface area contributed by atoms with Crippen LogP contribution >= 0.6 is 0 Å². The van der Waals surface area contributed by atoms with Crippen LogP contribution in [0.2, 0.25) is 0 Å². The van der Waals surface area contributed by atoms with Crippen molar-refractivity contribution in [2.75, 3.05) is 6.61 Å². The number of carbonyl (C=O) groups excluding carboxylic acids is 1. The van der Waals surface area contributed by atoms with Crippen molar-refractivity contribution in [3.05, 3.63) is 94.8 Å². The van der Waals surface area contributed by atoms with Crippen LogP contribution in [0.4, 0.5) is 0 Å². The summed E-state index contributed by atoms with van der Waals surface area (Å²) >= 11 is 0. The number of benzene rings is 3. The number of imidazole rings is 1. The second-order valence-electron chi connectivity index (χ2n) is 7.83. The molecule has 158 valence electrons. The summed E-state index contributed by atoms with van der Waals surface area (Å²) in [5.41, 5.74) is 6.06. The van der Waals surface area contributed by atoms with E-state index in [2.05, 4.69) is 35.9 Å². The molecule has 4 rings (SSSR count). The van der Waals surface area contributed by atoms with Crippen molar-refractivity contribution >= 4 is 16.9 Å². The van der Waals surface area contributed by atoms with E-state index in [1.54, 1.807) is 0 Å². The minimum atomic E-state index is -0.106. The van der Waals surface area contributed by atoms with Crippen LogP contribution in [0.5, 0.6) is 5.75 Å². The highest BCUT2D eigenvalue weighted by Gasteiger charge is 2.13. The van der Waals surface area contributed by atoms with Crippen molar-refractivity contribution in [1.82, 2.24) is 14.9 Å². The summed E-state index contributed by atoms with van der Waals surface area (Å²) in [6.07, 6.45) is 0. The number of amides is 1. The Kier molecular flexibility index (Phi) is 6.03. The number of rotatable bonds is 7. The van der Waals surface area contributed by atoms with E-state index in [0.717, 1.165) is 33.7 Å². The lowest BCUT2D eigenvalue weighted by Crippen LogP contribution is -2.25. The maximum atomic E-state index is 12.5. The Morgan fingerprint density at radius 1 is 0.968 bits per heavy atom. The van der Waals surface area contributed by atoms with E-state index < -0.39 is 0 Å². The predicted molar refractivity (Wildman–Crippen MR) is 123 cm³/mol. The fourth-order valence-corrected chi connectivity index (χ4v) is 3.68. The first kappa shape index (κ1) is 20.7. The number of carbonyl (C=O) groups is 1. The van der Waals surface area contributed by atoms with Gasteiger partial charge in [-0.25, -0.2) is 4.98 Å². The molecule has 0 unspecified atom stereocenters. The number of para-hydroxylation sites is 2. The van der Waals surface area contributed by atoms with Gasteiger partial charge in [0.25, 0.3) is 5.91 Å². The molecule has 0 saturated carbocycles. The van der Waals surface area contributed by atoms with E-state index in [-0.39, 0.29) is 5.91 Å². The highest BCUT2D eigenvalue weighted by atomic mass is 16.5. The topological polar surface area (TPSA) is 56.2 Å². The van der Waals surface area contributed by atoms with Crippen molar-refractivity contribution in [3.8, 4) is 5.75 Å². The van der Waals surface area contributed by atoms with Gasteiger partial charge in [0.2, 0.25) is 0 Å².